The summed E-state index contributed by atoms with van der Waals surface area (Å²) < 4.78 is 5.69. The highest BCUT2D eigenvalue weighted by molar-refractivity contribution is 5.89. The summed E-state index contributed by atoms with van der Waals surface area (Å²) in [5.41, 5.74) is 5.18. The van der Waals surface area contributed by atoms with Crippen LogP contribution < -0.4 is 11.1 Å². The van der Waals surface area contributed by atoms with Gasteiger partial charge in [-0.3, -0.25) is 9.59 Å². The molecule has 1 saturated carbocycles. The first-order valence-electron chi connectivity index (χ1n) is 8.19. The highest BCUT2D eigenvalue weighted by Crippen LogP contribution is 2.50. The van der Waals surface area contributed by atoms with Crippen molar-refractivity contribution >= 4 is 24.2 Å². The van der Waals surface area contributed by atoms with Gasteiger partial charge in [0.25, 0.3) is 0 Å². The van der Waals surface area contributed by atoms with Crippen LogP contribution in [0.15, 0.2) is 0 Å². The van der Waals surface area contributed by atoms with Crippen molar-refractivity contribution in [2.45, 2.75) is 51.7 Å². The van der Waals surface area contributed by atoms with E-state index in [0.717, 1.165) is 12.8 Å². The molecule has 3 N–H and O–H groups in total. The van der Waals surface area contributed by atoms with Crippen LogP contribution in [-0.2, 0) is 14.3 Å². The molecule has 134 valence electrons. The fourth-order valence-corrected chi connectivity index (χ4v) is 3.66. The lowest BCUT2D eigenvalue weighted by atomic mass is 9.54. The molecular formula is C16H30ClN3O3. The number of hydrogen-bond donors (Lipinski definition) is 2. The molecule has 6 nitrogen and oxygen atoms in total. The Hall–Kier alpha value is -0.850. The molecule has 0 bridgehead atoms. The number of nitrogens with zero attached hydrogens (tertiary/aromatic N) is 1. The van der Waals surface area contributed by atoms with Crippen molar-refractivity contribution in [3.63, 3.8) is 0 Å². The molecule has 1 aliphatic heterocycles. The maximum atomic E-state index is 12.9. The minimum Gasteiger partial charge on any atom is -0.378 e. The Balaban J connectivity index is 0.00000264. The Morgan fingerprint density at radius 1 is 1.39 bits per heavy atom. The van der Waals surface area contributed by atoms with E-state index < -0.39 is 5.54 Å². The van der Waals surface area contributed by atoms with Crippen molar-refractivity contribution in [1.82, 2.24) is 10.2 Å². The van der Waals surface area contributed by atoms with Gasteiger partial charge < -0.3 is 20.7 Å². The Morgan fingerprint density at radius 2 is 2.04 bits per heavy atom. The Labute approximate surface area is 144 Å². The molecule has 0 aromatic rings. The van der Waals surface area contributed by atoms with Crippen LogP contribution in [0.2, 0.25) is 0 Å². The van der Waals surface area contributed by atoms with E-state index in [1.807, 2.05) is 20.8 Å². The molecule has 2 fully saturated rings. The van der Waals surface area contributed by atoms with Crippen LogP contribution in [0.3, 0.4) is 0 Å². The second-order valence-electron chi connectivity index (χ2n) is 7.05. The summed E-state index contributed by atoms with van der Waals surface area (Å²) in [6.07, 6.45) is 2.24. The van der Waals surface area contributed by atoms with E-state index in [1.54, 1.807) is 11.9 Å². The summed E-state index contributed by atoms with van der Waals surface area (Å²) >= 11 is 0. The normalized spacial score (nSPS) is 32.5. The van der Waals surface area contributed by atoms with Crippen molar-refractivity contribution in [2.75, 3.05) is 26.7 Å². The van der Waals surface area contributed by atoms with Crippen LogP contribution in [0.5, 0.6) is 0 Å². The predicted molar refractivity (Wildman–Crippen MR) is 91.3 cm³/mol. The number of rotatable bonds is 4. The Bertz CT molecular complexity index is 458. The molecule has 2 rings (SSSR count). The summed E-state index contributed by atoms with van der Waals surface area (Å²) in [5.74, 6) is -0.164. The van der Waals surface area contributed by atoms with Gasteiger partial charge in [-0.05, 0) is 19.8 Å². The van der Waals surface area contributed by atoms with E-state index in [0.29, 0.717) is 26.1 Å². The van der Waals surface area contributed by atoms with Gasteiger partial charge in [-0.25, -0.2) is 0 Å². The predicted octanol–water partition coefficient (Wildman–Crippen LogP) is 0.925. The molecule has 0 aromatic carbocycles. The lowest BCUT2D eigenvalue weighted by molar-refractivity contribution is -0.180. The molecule has 23 heavy (non-hydrogen) atoms. The number of halogens is 1. The van der Waals surface area contributed by atoms with E-state index in [1.165, 1.54) is 0 Å². The largest absolute Gasteiger partial charge is 0.378 e. The van der Waals surface area contributed by atoms with Crippen molar-refractivity contribution < 1.29 is 14.3 Å². The summed E-state index contributed by atoms with van der Waals surface area (Å²) in [5, 5.41) is 2.67. The maximum Gasteiger partial charge on any atom is 0.243 e. The van der Waals surface area contributed by atoms with Gasteiger partial charge >= 0.3 is 0 Å². The van der Waals surface area contributed by atoms with Crippen LogP contribution in [-0.4, -0.2) is 55.1 Å². The third kappa shape index (κ3) is 3.35. The van der Waals surface area contributed by atoms with Crippen molar-refractivity contribution in [1.29, 1.82) is 0 Å². The van der Waals surface area contributed by atoms with Crippen LogP contribution in [0.25, 0.3) is 0 Å². The molecule has 2 aliphatic rings. The second-order valence-corrected chi connectivity index (χ2v) is 7.05. The van der Waals surface area contributed by atoms with E-state index in [4.69, 9.17) is 10.5 Å². The zero-order valence-corrected chi connectivity index (χ0v) is 15.4. The van der Waals surface area contributed by atoms with Crippen LogP contribution in [0, 0.1) is 11.3 Å². The molecule has 1 aliphatic carbocycles. The third-order valence-corrected chi connectivity index (χ3v) is 5.54. The molecule has 0 aromatic heterocycles. The smallest absolute Gasteiger partial charge is 0.243 e. The zero-order valence-electron chi connectivity index (χ0n) is 14.6. The van der Waals surface area contributed by atoms with Gasteiger partial charge in [0, 0.05) is 38.6 Å². The molecule has 3 unspecified atom stereocenters. The average molecular weight is 348 g/mol. The standard InChI is InChI=1S/C16H29N3O3.ClH/c1-5-22-12-9-16(17,15(12,2)3)14(21)19-8-6-7-11(10-19)13(20)18-4;/h11-12H,5-10,17H2,1-4H3,(H,18,20);1H. The lowest BCUT2D eigenvalue weighted by Crippen LogP contribution is -2.76. The number of amides is 2. The number of carbonyl (C=O) groups excluding carboxylic acids is 2. The fourth-order valence-electron chi connectivity index (χ4n) is 3.66. The third-order valence-electron chi connectivity index (χ3n) is 5.54. The second kappa shape index (κ2) is 7.36. The van der Waals surface area contributed by atoms with E-state index in [9.17, 15) is 9.59 Å². The molecule has 0 spiro atoms. The van der Waals surface area contributed by atoms with Gasteiger partial charge in [-0.2, -0.15) is 0 Å². The summed E-state index contributed by atoms with van der Waals surface area (Å²) in [4.78, 5) is 26.5. The molecule has 0 radical (unpaired) electrons. The Morgan fingerprint density at radius 3 is 2.57 bits per heavy atom. The number of carbonyl (C=O) groups is 2. The number of piperidine rings is 1. The summed E-state index contributed by atoms with van der Waals surface area (Å²) in [6, 6.07) is 0. The van der Waals surface area contributed by atoms with Crippen molar-refractivity contribution in [2.24, 2.45) is 17.1 Å². The monoisotopic (exact) mass is 347 g/mol. The highest BCUT2D eigenvalue weighted by atomic mass is 35.5. The molecule has 1 heterocycles. The number of ether oxygens (including phenoxy) is 1. The highest BCUT2D eigenvalue weighted by Gasteiger charge is 2.63. The topological polar surface area (TPSA) is 84.7 Å². The SMILES string of the molecule is CCOC1CC(N)(C(=O)N2CCCC(C(=O)NC)C2)C1(C)C.Cl. The number of hydrogen-bond acceptors (Lipinski definition) is 4. The maximum absolute atomic E-state index is 12.9. The van der Waals surface area contributed by atoms with Gasteiger partial charge in [0.1, 0.15) is 5.54 Å². The van der Waals surface area contributed by atoms with Gasteiger partial charge in [-0.1, -0.05) is 13.8 Å². The first-order chi connectivity index (χ1) is 10.3. The van der Waals surface area contributed by atoms with Gasteiger partial charge in [0.2, 0.25) is 11.8 Å². The van der Waals surface area contributed by atoms with Crippen LogP contribution in [0.4, 0.5) is 0 Å². The molecule has 7 heteroatoms. The van der Waals surface area contributed by atoms with Gasteiger partial charge in [0.15, 0.2) is 0 Å². The zero-order chi connectivity index (χ0) is 16.5. The van der Waals surface area contributed by atoms with Crippen molar-refractivity contribution in [3.8, 4) is 0 Å². The first kappa shape index (κ1) is 20.2. The van der Waals surface area contributed by atoms with Gasteiger partial charge in [-0.15, -0.1) is 12.4 Å². The van der Waals surface area contributed by atoms with Crippen molar-refractivity contribution in [3.05, 3.63) is 0 Å². The van der Waals surface area contributed by atoms with Crippen LogP contribution in [0.1, 0.15) is 40.0 Å². The lowest BCUT2D eigenvalue weighted by Gasteiger charge is -2.59. The number of likely N-dealkylation sites (tertiary alicyclic amines) is 1. The fraction of sp³-hybridized carbons (Fsp3) is 0.875. The van der Waals surface area contributed by atoms with Gasteiger partial charge in [0.05, 0.1) is 12.0 Å². The first-order valence-corrected chi connectivity index (χ1v) is 8.19. The Kier molecular flexibility index (Phi) is 6.47. The molecule has 1 saturated heterocycles. The van der Waals surface area contributed by atoms with Crippen LogP contribution >= 0.6 is 12.4 Å². The molecule has 2 amide bonds. The molecule has 3 atom stereocenters. The molecular weight excluding hydrogens is 318 g/mol. The summed E-state index contributed by atoms with van der Waals surface area (Å²) in [7, 11) is 1.63. The number of nitrogens with two attached hydrogens (primary N) is 1. The van der Waals surface area contributed by atoms with E-state index in [2.05, 4.69) is 5.32 Å². The minimum absolute atomic E-state index is 0. The quantitative estimate of drug-likeness (QED) is 0.792. The minimum atomic E-state index is -0.891. The number of nitrogens with one attached hydrogen (secondary N) is 1. The van der Waals surface area contributed by atoms with E-state index >= 15 is 0 Å². The van der Waals surface area contributed by atoms with E-state index in [-0.39, 0.29) is 41.7 Å². The summed E-state index contributed by atoms with van der Waals surface area (Å²) in [6.45, 7) is 7.71. The average Bonchev–Trinajstić information content (AvgIpc) is 2.53.